The Labute approximate surface area is 147 Å². The lowest BCUT2D eigenvalue weighted by atomic mass is 10.1. The monoisotopic (exact) mass is 348 g/mol. The summed E-state index contributed by atoms with van der Waals surface area (Å²) < 4.78 is 18.8. The van der Waals surface area contributed by atoms with Crippen LogP contribution < -0.4 is 20.3 Å². The molecule has 2 rings (SSSR count). The molecule has 0 aliphatic carbocycles. The van der Waals surface area contributed by atoms with Gasteiger partial charge in [0.25, 0.3) is 0 Å². The number of likely N-dealkylation sites (N-methyl/N-ethyl adjacent to an activating group) is 1. The van der Waals surface area contributed by atoms with E-state index in [9.17, 15) is 4.39 Å². The molecule has 2 aromatic carbocycles. The predicted molar refractivity (Wildman–Crippen MR) is 99.2 cm³/mol. The van der Waals surface area contributed by atoms with Gasteiger partial charge in [-0.1, -0.05) is 12.1 Å². The number of quaternary nitrogens is 1. The molecule has 0 spiro atoms. The summed E-state index contributed by atoms with van der Waals surface area (Å²) in [5.74, 6) is 0.502. The number of hydrogen-bond acceptors (Lipinski definition) is 2. The number of halogens is 1. The van der Waals surface area contributed by atoms with Gasteiger partial charge in [0.15, 0.2) is 5.11 Å². The lowest BCUT2D eigenvalue weighted by Gasteiger charge is -2.23. The minimum absolute atomic E-state index is 0.205. The molecule has 0 aliphatic rings. The van der Waals surface area contributed by atoms with Crippen LogP contribution in [-0.2, 0) is 0 Å². The third-order valence-electron chi connectivity index (χ3n) is 3.80. The van der Waals surface area contributed by atoms with E-state index in [0.717, 1.165) is 5.75 Å². The molecular formula is C18H23FN3OS+. The van der Waals surface area contributed by atoms with Gasteiger partial charge in [-0.25, -0.2) is 4.39 Å². The third-order valence-corrected chi connectivity index (χ3v) is 4.05. The fraction of sp³-hybridized carbons (Fsp3) is 0.278. The largest absolute Gasteiger partial charge is 0.497 e. The van der Waals surface area contributed by atoms with Crippen LogP contribution >= 0.6 is 12.2 Å². The first-order valence-corrected chi connectivity index (χ1v) is 8.15. The fourth-order valence-corrected chi connectivity index (χ4v) is 2.61. The van der Waals surface area contributed by atoms with E-state index in [0.29, 0.717) is 17.3 Å². The number of hydrogen-bond donors (Lipinski definition) is 3. The Morgan fingerprint density at radius 2 is 1.83 bits per heavy atom. The number of ether oxygens (including phenoxy) is 1. The number of nitrogens with one attached hydrogen (secondary N) is 3. The number of rotatable bonds is 6. The summed E-state index contributed by atoms with van der Waals surface area (Å²) in [5, 5.41) is 6.46. The summed E-state index contributed by atoms with van der Waals surface area (Å²) in [6.45, 7) is 0.634. The highest BCUT2D eigenvalue weighted by atomic mass is 32.1. The molecule has 2 aromatic rings. The van der Waals surface area contributed by atoms with Crippen molar-refractivity contribution in [2.45, 2.75) is 6.04 Å². The lowest BCUT2D eigenvalue weighted by molar-refractivity contribution is -0.890. The molecule has 24 heavy (non-hydrogen) atoms. The number of benzene rings is 2. The van der Waals surface area contributed by atoms with Crippen molar-refractivity contribution < 1.29 is 14.0 Å². The van der Waals surface area contributed by atoms with Crippen LogP contribution in [0.2, 0.25) is 0 Å². The van der Waals surface area contributed by atoms with Crippen LogP contribution in [0, 0.1) is 5.82 Å². The van der Waals surface area contributed by atoms with E-state index < -0.39 is 0 Å². The van der Waals surface area contributed by atoms with Crippen molar-refractivity contribution in [3.05, 3.63) is 59.9 Å². The highest BCUT2D eigenvalue weighted by molar-refractivity contribution is 7.80. The topological polar surface area (TPSA) is 37.7 Å². The molecule has 0 saturated heterocycles. The second-order valence-corrected chi connectivity index (χ2v) is 6.13. The van der Waals surface area contributed by atoms with E-state index in [4.69, 9.17) is 17.0 Å². The first-order valence-electron chi connectivity index (χ1n) is 7.74. The van der Waals surface area contributed by atoms with Crippen molar-refractivity contribution in [3.8, 4) is 5.75 Å². The molecule has 0 amide bonds. The van der Waals surface area contributed by atoms with Crippen LogP contribution in [0.15, 0.2) is 48.5 Å². The molecular weight excluding hydrogens is 325 g/mol. The van der Waals surface area contributed by atoms with Crippen LogP contribution in [0.4, 0.5) is 10.1 Å². The van der Waals surface area contributed by atoms with Crippen molar-refractivity contribution in [2.24, 2.45) is 0 Å². The summed E-state index contributed by atoms with van der Waals surface area (Å²) >= 11 is 5.27. The van der Waals surface area contributed by atoms with Crippen LogP contribution in [0.3, 0.4) is 0 Å². The Bertz CT molecular complexity index is 676. The maximum atomic E-state index is 13.6. The zero-order valence-corrected chi connectivity index (χ0v) is 14.9. The molecule has 0 saturated carbocycles. The van der Waals surface area contributed by atoms with Gasteiger partial charge in [0.05, 0.1) is 33.4 Å². The first-order chi connectivity index (χ1) is 11.5. The van der Waals surface area contributed by atoms with Crippen LogP contribution in [0.25, 0.3) is 0 Å². The van der Waals surface area contributed by atoms with E-state index in [1.807, 2.05) is 24.3 Å². The molecule has 0 radical (unpaired) electrons. The van der Waals surface area contributed by atoms with Gasteiger partial charge in [-0.3, -0.25) is 0 Å². The molecule has 6 heteroatoms. The summed E-state index contributed by atoms with van der Waals surface area (Å²) in [6, 6.07) is 14.6. The number of anilines is 1. The van der Waals surface area contributed by atoms with Gasteiger partial charge in [0.2, 0.25) is 0 Å². The van der Waals surface area contributed by atoms with Crippen molar-refractivity contribution in [1.29, 1.82) is 0 Å². The maximum Gasteiger partial charge on any atom is 0.171 e. The van der Waals surface area contributed by atoms with E-state index >= 15 is 0 Å². The highest BCUT2D eigenvalue weighted by Gasteiger charge is 2.18. The molecule has 0 heterocycles. The molecule has 4 nitrogen and oxygen atoms in total. The molecule has 1 atom stereocenters. The van der Waals surface area contributed by atoms with Gasteiger partial charge < -0.3 is 20.3 Å². The Kier molecular flexibility index (Phi) is 6.52. The summed E-state index contributed by atoms with van der Waals surface area (Å²) in [7, 11) is 5.83. The number of methoxy groups -OCH3 is 1. The van der Waals surface area contributed by atoms with Crippen molar-refractivity contribution in [2.75, 3.05) is 33.1 Å². The average molecular weight is 348 g/mol. The average Bonchev–Trinajstić information content (AvgIpc) is 2.57. The second kappa shape index (κ2) is 8.61. The van der Waals surface area contributed by atoms with Crippen LogP contribution in [-0.4, -0.2) is 32.9 Å². The van der Waals surface area contributed by atoms with Crippen molar-refractivity contribution in [1.82, 2.24) is 5.32 Å². The summed E-state index contributed by atoms with van der Waals surface area (Å²) in [4.78, 5) is 1.27. The normalized spacial score (nSPS) is 11.9. The lowest BCUT2D eigenvalue weighted by Crippen LogP contribution is -3.07. The minimum Gasteiger partial charge on any atom is -0.497 e. The quantitative estimate of drug-likeness (QED) is 0.698. The molecule has 0 aromatic heterocycles. The Hall–Kier alpha value is -2.18. The van der Waals surface area contributed by atoms with Gasteiger partial charge in [0.1, 0.15) is 17.6 Å². The van der Waals surface area contributed by atoms with Crippen LogP contribution in [0.1, 0.15) is 11.6 Å². The highest BCUT2D eigenvalue weighted by Crippen LogP contribution is 2.16. The van der Waals surface area contributed by atoms with Gasteiger partial charge >= 0.3 is 0 Å². The molecule has 0 unspecified atom stereocenters. The second-order valence-electron chi connectivity index (χ2n) is 5.72. The Balaban J connectivity index is 1.98. The van der Waals surface area contributed by atoms with Gasteiger partial charge in [-0.05, 0) is 48.6 Å². The number of para-hydroxylation sites is 1. The van der Waals surface area contributed by atoms with Crippen molar-refractivity contribution >= 4 is 23.0 Å². The smallest absolute Gasteiger partial charge is 0.171 e. The molecule has 0 aliphatic heterocycles. The van der Waals surface area contributed by atoms with Gasteiger partial charge in [0, 0.05) is 5.56 Å². The van der Waals surface area contributed by atoms with E-state index in [2.05, 4.69) is 24.7 Å². The zero-order chi connectivity index (χ0) is 17.5. The molecule has 128 valence electrons. The Morgan fingerprint density at radius 1 is 1.17 bits per heavy atom. The zero-order valence-electron chi connectivity index (χ0n) is 14.1. The number of thiocarbonyl (C=S) groups is 1. The molecule has 0 bridgehead atoms. The third kappa shape index (κ3) is 4.91. The van der Waals surface area contributed by atoms with E-state index in [1.54, 1.807) is 25.3 Å². The molecule has 0 fully saturated rings. The van der Waals surface area contributed by atoms with E-state index in [1.165, 1.54) is 16.5 Å². The summed E-state index contributed by atoms with van der Waals surface area (Å²) in [6.07, 6.45) is 0. The Morgan fingerprint density at radius 3 is 2.42 bits per heavy atom. The first kappa shape index (κ1) is 18.2. The van der Waals surface area contributed by atoms with E-state index in [-0.39, 0.29) is 11.9 Å². The SMILES string of the molecule is COc1ccc([C@H](CNC(=S)Nc2ccccc2F)[NH+](C)C)cc1. The predicted octanol–water partition coefficient (Wildman–Crippen LogP) is 2.01. The van der Waals surface area contributed by atoms with Crippen molar-refractivity contribution in [3.63, 3.8) is 0 Å². The maximum absolute atomic E-state index is 13.6. The molecule has 3 N–H and O–H groups in total. The summed E-state index contributed by atoms with van der Waals surface area (Å²) in [5.41, 5.74) is 1.55. The van der Waals surface area contributed by atoms with Gasteiger partial charge in [-0.15, -0.1) is 0 Å². The fourth-order valence-electron chi connectivity index (χ4n) is 2.42. The van der Waals surface area contributed by atoms with Gasteiger partial charge in [-0.2, -0.15) is 0 Å². The minimum atomic E-state index is -0.327. The van der Waals surface area contributed by atoms with Crippen LogP contribution in [0.5, 0.6) is 5.75 Å². The standard InChI is InChI=1S/C18H22FN3OS/c1-22(2)17(13-8-10-14(23-3)11-9-13)12-20-18(24)21-16-7-5-4-6-15(16)19/h4-11,17H,12H2,1-3H3,(H2,20,21,24)/p+1/t17-/m0/s1.